The molecule has 106 valence electrons. The molecule has 1 N–H and O–H groups in total. The van der Waals surface area contributed by atoms with E-state index in [2.05, 4.69) is 78.2 Å². The average Bonchev–Trinajstić information content (AvgIpc) is 2.38. The fourth-order valence-corrected chi connectivity index (χ4v) is 2.42. The molecule has 20 heavy (non-hydrogen) atoms. The van der Waals surface area contributed by atoms with Crippen LogP contribution < -0.4 is 5.32 Å². The SMILES string of the molecule is CC(Nc1ccc(C(C)(C)C)cn1)c1cccc(Br)c1. The summed E-state index contributed by atoms with van der Waals surface area (Å²) < 4.78 is 1.10. The van der Waals surface area contributed by atoms with Crippen molar-refractivity contribution in [2.75, 3.05) is 5.32 Å². The van der Waals surface area contributed by atoms with Gasteiger partial charge in [-0.3, -0.25) is 0 Å². The molecule has 0 aliphatic carbocycles. The number of nitrogens with one attached hydrogen (secondary N) is 1. The Bertz CT molecular complexity index is 570. The lowest BCUT2D eigenvalue weighted by Crippen LogP contribution is -2.12. The predicted octanol–water partition coefficient (Wildman–Crippen LogP) is 5.31. The minimum absolute atomic E-state index is 0.140. The Balaban J connectivity index is 2.10. The first-order valence-corrected chi connectivity index (χ1v) is 7.64. The fourth-order valence-electron chi connectivity index (χ4n) is 2.00. The van der Waals surface area contributed by atoms with Crippen molar-refractivity contribution >= 4 is 21.7 Å². The van der Waals surface area contributed by atoms with E-state index < -0.39 is 0 Å². The molecule has 1 atom stereocenters. The molecule has 3 heteroatoms. The monoisotopic (exact) mass is 332 g/mol. The zero-order valence-electron chi connectivity index (χ0n) is 12.4. The van der Waals surface area contributed by atoms with E-state index in [1.54, 1.807) is 0 Å². The molecule has 0 saturated carbocycles. The lowest BCUT2D eigenvalue weighted by molar-refractivity contribution is 0.587. The molecule has 1 heterocycles. The van der Waals surface area contributed by atoms with E-state index in [0.29, 0.717) is 0 Å². The van der Waals surface area contributed by atoms with Crippen LogP contribution in [0.4, 0.5) is 5.82 Å². The van der Waals surface area contributed by atoms with Crippen LogP contribution >= 0.6 is 15.9 Å². The number of pyridine rings is 1. The maximum Gasteiger partial charge on any atom is 0.126 e. The van der Waals surface area contributed by atoms with E-state index in [-0.39, 0.29) is 11.5 Å². The molecule has 2 nitrogen and oxygen atoms in total. The second-order valence-corrected chi connectivity index (χ2v) is 7.02. The average molecular weight is 333 g/mol. The molecule has 0 saturated heterocycles. The lowest BCUT2D eigenvalue weighted by atomic mass is 9.88. The van der Waals surface area contributed by atoms with Gasteiger partial charge in [-0.2, -0.15) is 0 Å². The number of anilines is 1. The summed E-state index contributed by atoms with van der Waals surface area (Å²) in [5, 5.41) is 3.43. The minimum atomic E-state index is 0.140. The molecule has 0 radical (unpaired) electrons. The maximum atomic E-state index is 4.51. The van der Waals surface area contributed by atoms with Gasteiger partial charge < -0.3 is 5.32 Å². The first-order valence-electron chi connectivity index (χ1n) is 6.85. The first-order chi connectivity index (χ1) is 9.36. The molecule has 1 unspecified atom stereocenters. The van der Waals surface area contributed by atoms with Crippen LogP contribution in [0.2, 0.25) is 0 Å². The van der Waals surface area contributed by atoms with Gasteiger partial charge in [0.25, 0.3) is 0 Å². The van der Waals surface area contributed by atoms with E-state index >= 15 is 0 Å². The van der Waals surface area contributed by atoms with Crippen LogP contribution in [0.15, 0.2) is 47.1 Å². The molecular formula is C17H21BrN2. The standard InChI is InChI=1S/C17H21BrN2/c1-12(13-6-5-7-15(18)10-13)20-16-9-8-14(11-19-16)17(2,3)4/h5-12H,1-4H3,(H,19,20). The Morgan fingerprint density at radius 2 is 1.90 bits per heavy atom. The van der Waals surface area contributed by atoms with Crippen molar-refractivity contribution in [2.45, 2.75) is 39.2 Å². The summed E-state index contributed by atoms with van der Waals surface area (Å²) in [7, 11) is 0. The highest BCUT2D eigenvalue weighted by atomic mass is 79.9. The van der Waals surface area contributed by atoms with E-state index in [1.807, 2.05) is 18.3 Å². The van der Waals surface area contributed by atoms with E-state index in [4.69, 9.17) is 0 Å². The predicted molar refractivity (Wildman–Crippen MR) is 89.1 cm³/mol. The van der Waals surface area contributed by atoms with Gasteiger partial charge in [-0.25, -0.2) is 4.98 Å². The Morgan fingerprint density at radius 1 is 1.15 bits per heavy atom. The molecular weight excluding hydrogens is 312 g/mol. The van der Waals surface area contributed by atoms with Gasteiger partial charge >= 0.3 is 0 Å². The van der Waals surface area contributed by atoms with Gasteiger partial charge in [0, 0.05) is 16.7 Å². The van der Waals surface area contributed by atoms with Gasteiger partial charge in [-0.1, -0.05) is 54.9 Å². The van der Waals surface area contributed by atoms with E-state index in [0.717, 1.165) is 10.3 Å². The van der Waals surface area contributed by atoms with Gasteiger partial charge in [0.15, 0.2) is 0 Å². The van der Waals surface area contributed by atoms with E-state index in [9.17, 15) is 0 Å². The summed E-state index contributed by atoms with van der Waals surface area (Å²) in [6, 6.07) is 12.7. The summed E-state index contributed by atoms with van der Waals surface area (Å²) in [5.74, 6) is 0.908. The Kier molecular flexibility index (Phi) is 4.48. The van der Waals surface area contributed by atoms with Gasteiger partial charge in [-0.15, -0.1) is 0 Å². The second kappa shape index (κ2) is 5.96. The van der Waals surface area contributed by atoms with Gasteiger partial charge in [0.05, 0.1) is 0 Å². The highest BCUT2D eigenvalue weighted by Crippen LogP contribution is 2.24. The number of hydrogen-bond donors (Lipinski definition) is 1. The summed E-state index contributed by atoms with van der Waals surface area (Å²) in [5.41, 5.74) is 2.63. The second-order valence-electron chi connectivity index (χ2n) is 6.10. The molecule has 0 aliphatic heterocycles. The molecule has 1 aromatic carbocycles. The number of hydrogen-bond acceptors (Lipinski definition) is 2. The number of halogens is 1. The van der Waals surface area contributed by atoms with Crippen LogP contribution in [0.3, 0.4) is 0 Å². The summed E-state index contributed by atoms with van der Waals surface area (Å²) in [4.78, 5) is 4.51. The van der Waals surface area contributed by atoms with Crippen molar-refractivity contribution in [2.24, 2.45) is 0 Å². The molecule has 0 aliphatic rings. The Hall–Kier alpha value is -1.35. The van der Waals surface area contributed by atoms with Crippen LogP contribution in [0, 0.1) is 0 Å². The van der Waals surface area contributed by atoms with Gasteiger partial charge in [0.2, 0.25) is 0 Å². The topological polar surface area (TPSA) is 24.9 Å². The normalized spacial score (nSPS) is 13.1. The summed E-state index contributed by atoms with van der Waals surface area (Å²) >= 11 is 3.50. The summed E-state index contributed by atoms with van der Waals surface area (Å²) in [6.45, 7) is 8.73. The van der Waals surface area contributed by atoms with Crippen molar-refractivity contribution in [1.82, 2.24) is 4.98 Å². The zero-order valence-corrected chi connectivity index (χ0v) is 14.0. The minimum Gasteiger partial charge on any atom is -0.364 e. The first kappa shape index (κ1) is 15.0. The highest BCUT2D eigenvalue weighted by molar-refractivity contribution is 9.10. The fraction of sp³-hybridized carbons (Fsp3) is 0.353. The maximum absolute atomic E-state index is 4.51. The van der Waals surface area contributed by atoms with Crippen LogP contribution in [-0.4, -0.2) is 4.98 Å². The van der Waals surface area contributed by atoms with Gasteiger partial charge in [0.1, 0.15) is 5.82 Å². The van der Waals surface area contributed by atoms with Crippen LogP contribution in [-0.2, 0) is 5.41 Å². The smallest absolute Gasteiger partial charge is 0.126 e. The van der Waals surface area contributed by atoms with E-state index in [1.165, 1.54) is 11.1 Å². The lowest BCUT2D eigenvalue weighted by Gasteiger charge is -2.20. The molecule has 0 amide bonds. The third kappa shape index (κ3) is 3.83. The molecule has 0 spiro atoms. The van der Waals surface area contributed by atoms with Crippen molar-refractivity contribution in [1.29, 1.82) is 0 Å². The molecule has 0 fully saturated rings. The zero-order chi connectivity index (χ0) is 14.8. The van der Waals surface area contributed by atoms with Crippen molar-refractivity contribution in [3.8, 4) is 0 Å². The van der Waals surface area contributed by atoms with Crippen LogP contribution in [0.5, 0.6) is 0 Å². The molecule has 0 bridgehead atoms. The van der Waals surface area contributed by atoms with Crippen molar-refractivity contribution in [3.63, 3.8) is 0 Å². The Labute approximate surface area is 129 Å². The highest BCUT2D eigenvalue weighted by Gasteiger charge is 2.14. The molecule has 2 aromatic rings. The molecule has 2 rings (SSSR count). The third-order valence-electron chi connectivity index (χ3n) is 3.34. The number of nitrogens with zero attached hydrogens (tertiary/aromatic N) is 1. The van der Waals surface area contributed by atoms with Gasteiger partial charge in [-0.05, 0) is 41.7 Å². The Morgan fingerprint density at radius 3 is 2.45 bits per heavy atom. The molecule has 1 aromatic heterocycles. The third-order valence-corrected chi connectivity index (χ3v) is 3.84. The van der Waals surface area contributed by atoms with Crippen molar-refractivity contribution in [3.05, 3.63) is 58.2 Å². The van der Waals surface area contributed by atoms with Crippen LogP contribution in [0.25, 0.3) is 0 Å². The number of rotatable bonds is 3. The van der Waals surface area contributed by atoms with Crippen molar-refractivity contribution < 1.29 is 0 Å². The van der Waals surface area contributed by atoms with Crippen LogP contribution in [0.1, 0.15) is 44.9 Å². The number of benzene rings is 1. The largest absolute Gasteiger partial charge is 0.364 e. The summed E-state index contributed by atoms with van der Waals surface area (Å²) in [6.07, 6.45) is 1.95. The number of aromatic nitrogens is 1. The quantitative estimate of drug-likeness (QED) is 0.823.